The van der Waals surface area contributed by atoms with Crippen LogP contribution in [0.5, 0.6) is 0 Å². The summed E-state index contributed by atoms with van der Waals surface area (Å²) in [5.41, 5.74) is 2.55. The molecule has 1 saturated heterocycles. The molecule has 1 aromatic heterocycles. The smallest absolute Gasteiger partial charge is 0.227 e. The highest BCUT2D eigenvalue weighted by Gasteiger charge is 2.39. The summed E-state index contributed by atoms with van der Waals surface area (Å²) in [6.45, 7) is 4.44. The van der Waals surface area contributed by atoms with Crippen LogP contribution in [0.3, 0.4) is 0 Å². The Morgan fingerprint density at radius 1 is 1.71 bits per heavy atom. The van der Waals surface area contributed by atoms with Gasteiger partial charge < -0.3 is 10.6 Å². The minimum absolute atomic E-state index is 0.178. The van der Waals surface area contributed by atoms with Crippen LogP contribution >= 0.6 is 11.3 Å². The number of nitrogens with one attached hydrogen (secondary N) is 2. The second kappa shape index (κ2) is 5.60. The number of amides is 1. The lowest BCUT2D eigenvalue weighted by molar-refractivity contribution is -0.130. The molecule has 17 heavy (non-hydrogen) atoms. The predicted molar refractivity (Wildman–Crippen MR) is 68.8 cm³/mol. The Morgan fingerprint density at radius 2 is 2.59 bits per heavy atom. The van der Waals surface area contributed by atoms with Crippen LogP contribution in [-0.4, -0.2) is 24.0 Å². The molecule has 1 aliphatic rings. The van der Waals surface area contributed by atoms with Crippen molar-refractivity contribution in [1.82, 2.24) is 15.6 Å². The molecule has 2 N–H and O–H groups in total. The first kappa shape index (κ1) is 12.5. The fourth-order valence-corrected chi connectivity index (χ4v) is 2.98. The van der Waals surface area contributed by atoms with Crippen molar-refractivity contribution in [2.45, 2.75) is 32.7 Å². The second-order valence-corrected chi connectivity index (χ2v) is 5.34. The predicted octanol–water partition coefficient (Wildman–Crippen LogP) is 1.54. The van der Waals surface area contributed by atoms with Gasteiger partial charge in [-0.3, -0.25) is 4.79 Å². The Bertz CT molecular complexity index is 358. The molecule has 4 nitrogen and oxygen atoms in total. The van der Waals surface area contributed by atoms with Gasteiger partial charge in [0.2, 0.25) is 5.91 Å². The summed E-state index contributed by atoms with van der Waals surface area (Å²) in [5, 5.41) is 8.29. The largest absolute Gasteiger partial charge is 0.350 e. The Kier molecular flexibility index (Phi) is 4.12. The fourth-order valence-electron chi connectivity index (χ4n) is 2.43. The van der Waals surface area contributed by atoms with E-state index < -0.39 is 0 Å². The molecular weight excluding hydrogens is 234 g/mol. The molecule has 94 valence electrons. The molecule has 5 heteroatoms. The zero-order valence-electron chi connectivity index (χ0n) is 10.2. The molecule has 0 spiro atoms. The van der Waals surface area contributed by atoms with E-state index >= 15 is 0 Å². The summed E-state index contributed by atoms with van der Waals surface area (Å²) in [4.78, 5) is 16.4. The van der Waals surface area contributed by atoms with Gasteiger partial charge in [-0.2, -0.15) is 0 Å². The second-order valence-electron chi connectivity index (χ2n) is 4.62. The van der Waals surface area contributed by atoms with Crippen molar-refractivity contribution in [3.05, 3.63) is 16.6 Å². The number of rotatable bonds is 5. The van der Waals surface area contributed by atoms with E-state index in [0.717, 1.165) is 38.0 Å². The van der Waals surface area contributed by atoms with Crippen LogP contribution in [0, 0.1) is 5.41 Å². The minimum atomic E-state index is -0.190. The van der Waals surface area contributed by atoms with Gasteiger partial charge in [0, 0.05) is 11.9 Å². The third-order valence-corrected chi connectivity index (χ3v) is 4.00. The first-order valence-corrected chi connectivity index (χ1v) is 7.07. The summed E-state index contributed by atoms with van der Waals surface area (Å²) in [7, 11) is 0. The molecular formula is C12H19N3OS. The van der Waals surface area contributed by atoms with Gasteiger partial charge >= 0.3 is 0 Å². The number of aromatic nitrogens is 1. The van der Waals surface area contributed by atoms with Crippen LogP contribution in [-0.2, 0) is 11.3 Å². The van der Waals surface area contributed by atoms with Crippen LogP contribution < -0.4 is 10.6 Å². The topological polar surface area (TPSA) is 54.0 Å². The van der Waals surface area contributed by atoms with E-state index in [4.69, 9.17) is 0 Å². The molecule has 0 aliphatic carbocycles. The van der Waals surface area contributed by atoms with E-state index in [0.29, 0.717) is 6.54 Å². The molecule has 1 amide bonds. The molecule has 0 aromatic carbocycles. The average molecular weight is 253 g/mol. The van der Waals surface area contributed by atoms with Crippen molar-refractivity contribution in [3.8, 4) is 0 Å². The minimum Gasteiger partial charge on any atom is -0.350 e. The molecule has 1 fully saturated rings. The summed E-state index contributed by atoms with van der Waals surface area (Å²) in [6, 6.07) is 0. The number of hydrogen-bond donors (Lipinski definition) is 2. The van der Waals surface area contributed by atoms with Gasteiger partial charge in [0.25, 0.3) is 0 Å². The average Bonchev–Trinajstić information content (AvgIpc) is 2.97. The zero-order chi connectivity index (χ0) is 12.1. The van der Waals surface area contributed by atoms with Crippen LogP contribution in [0.1, 0.15) is 31.9 Å². The highest BCUT2D eigenvalue weighted by molar-refractivity contribution is 7.07. The van der Waals surface area contributed by atoms with Crippen molar-refractivity contribution in [2.75, 3.05) is 13.1 Å². The van der Waals surface area contributed by atoms with Gasteiger partial charge in [0.05, 0.1) is 23.2 Å². The van der Waals surface area contributed by atoms with Crippen LogP contribution in [0.2, 0.25) is 0 Å². The fraction of sp³-hybridized carbons (Fsp3) is 0.667. The Morgan fingerprint density at radius 3 is 3.18 bits per heavy atom. The number of thiazole rings is 1. The van der Waals surface area contributed by atoms with Crippen LogP contribution in [0.15, 0.2) is 10.9 Å². The van der Waals surface area contributed by atoms with E-state index in [1.165, 1.54) is 0 Å². The lowest BCUT2D eigenvalue weighted by atomic mass is 9.81. The van der Waals surface area contributed by atoms with Crippen molar-refractivity contribution in [1.29, 1.82) is 0 Å². The molecule has 1 aliphatic heterocycles. The lowest BCUT2D eigenvalue weighted by Crippen LogP contribution is -2.42. The molecule has 0 bridgehead atoms. The maximum Gasteiger partial charge on any atom is 0.227 e. The van der Waals surface area contributed by atoms with Gasteiger partial charge in [-0.15, -0.1) is 11.3 Å². The maximum atomic E-state index is 12.3. The van der Waals surface area contributed by atoms with Crippen LogP contribution in [0.4, 0.5) is 0 Å². The number of carbonyl (C=O) groups is 1. The monoisotopic (exact) mass is 253 g/mol. The van der Waals surface area contributed by atoms with Gasteiger partial charge in [0.1, 0.15) is 0 Å². The molecule has 0 radical (unpaired) electrons. The van der Waals surface area contributed by atoms with Gasteiger partial charge in [-0.25, -0.2) is 4.98 Å². The van der Waals surface area contributed by atoms with Crippen molar-refractivity contribution >= 4 is 17.2 Å². The normalized spacial score (nSPS) is 23.8. The van der Waals surface area contributed by atoms with Crippen molar-refractivity contribution in [3.63, 3.8) is 0 Å². The standard InChI is InChI=1S/C12H19N3OS/c1-2-3-12(4-5-13-8-12)11(16)14-6-10-7-17-9-15-10/h7,9,13H,2-6,8H2,1H3,(H,14,16). The Labute approximate surface area is 106 Å². The third kappa shape index (κ3) is 2.84. The molecule has 0 saturated carbocycles. The zero-order valence-corrected chi connectivity index (χ0v) is 11.0. The van der Waals surface area contributed by atoms with Crippen molar-refractivity contribution in [2.24, 2.45) is 5.41 Å². The first-order valence-electron chi connectivity index (χ1n) is 6.13. The lowest BCUT2D eigenvalue weighted by Gasteiger charge is -2.26. The summed E-state index contributed by atoms with van der Waals surface area (Å²) >= 11 is 1.56. The Hall–Kier alpha value is -0.940. The summed E-state index contributed by atoms with van der Waals surface area (Å²) in [6.07, 6.45) is 2.96. The number of carbonyl (C=O) groups excluding carboxylic acids is 1. The SMILES string of the molecule is CCCC1(C(=O)NCc2cscn2)CCNC1. The van der Waals surface area contributed by atoms with Crippen molar-refractivity contribution < 1.29 is 4.79 Å². The molecule has 2 rings (SSSR count). The number of nitrogens with zero attached hydrogens (tertiary/aromatic N) is 1. The number of hydrogen-bond acceptors (Lipinski definition) is 4. The van der Waals surface area contributed by atoms with Gasteiger partial charge in [-0.1, -0.05) is 13.3 Å². The van der Waals surface area contributed by atoms with E-state index in [1.54, 1.807) is 16.8 Å². The van der Waals surface area contributed by atoms with Crippen LogP contribution in [0.25, 0.3) is 0 Å². The molecule has 1 aromatic rings. The molecule has 2 heterocycles. The summed E-state index contributed by atoms with van der Waals surface area (Å²) < 4.78 is 0. The Balaban J connectivity index is 1.92. The highest BCUT2D eigenvalue weighted by atomic mass is 32.1. The van der Waals surface area contributed by atoms with E-state index in [-0.39, 0.29) is 11.3 Å². The maximum absolute atomic E-state index is 12.3. The van der Waals surface area contributed by atoms with E-state index in [1.807, 2.05) is 5.38 Å². The molecule has 1 atom stereocenters. The first-order chi connectivity index (χ1) is 8.27. The quantitative estimate of drug-likeness (QED) is 0.837. The third-order valence-electron chi connectivity index (χ3n) is 3.37. The van der Waals surface area contributed by atoms with E-state index in [2.05, 4.69) is 22.5 Å². The van der Waals surface area contributed by atoms with Gasteiger partial charge in [-0.05, 0) is 19.4 Å². The van der Waals surface area contributed by atoms with E-state index in [9.17, 15) is 4.79 Å². The molecule has 1 unspecified atom stereocenters. The highest BCUT2D eigenvalue weighted by Crippen LogP contribution is 2.31. The van der Waals surface area contributed by atoms with Gasteiger partial charge in [0.15, 0.2) is 0 Å². The summed E-state index contributed by atoms with van der Waals surface area (Å²) in [5.74, 6) is 0.178.